The van der Waals surface area contributed by atoms with Gasteiger partial charge in [-0.2, -0.15) is 0 Å². The number of halogens is 1. The minimum absolute atomic E-state index is 0.122. The van der Waals surface area contributed by atoms with E-state index in [0.717, 1.165) is 12.8 Å². The van der Waals surface area contributed by atoms with E-state index in [9.17, 15) is 14.4 Å². The number of unbranched alkanes of at least 4 members (excludes halogenated alkanes) is 1. The molecule has 0 aromatic heterocycles. The zero-order valence-electron chi connectivity index (χ0n) is 16.0. The van der Waals surface area contributed by atoms with Crippen LogP contribution in [-0.4, -0.2) is 63.6 Å². The Morgan fingerprint density at radius 1 is 1.22 bits per heavy atom. The highest BCUT2D eigenvalue weighted by Crippen LogP contribution is 2.36. The van der Waals surface area contributed by atoms with Gasteiger partial charge in [-0.25, -0.2) is 4.79 Å². The van der Waals surface area contributed by atoms with Gasteiger partial charge in [0.05, 0.1) is 30.8 Å². The van der Waals surface area contributed by atoms with E-state index >= 15 is 0 Å². The summed E-state index contributed by atoms with van der Waals surface area (Å²) in [6, 6.07) is 2.82. The van der Waals surface area contributed by atoms with Crippen LogP contribution in [0.15, 0.2) is 12.1 Å². The van der Waals surface area contributed by atoms with Gasteiger partial charge in [-0.15, -0.1) is 0 Å². The molecule has 1 rings (SSSR count). The van der Waals surface area contributed by atoms with Crippen molar-refractivity contribution in [1.29, 1.82) is 0 Å². The van der Waals surface area contributed by atoms with E-state index in [1.165, 1.54) is 24.1 Å². The fourth-order valence-electron chi connectivity index (χ4n) is 1.89. The van der Waals surface area contributed by atoms with Crippen LogP contribution in [0.3, 0.4) is 0 Å². The summed E-state index contributed by atoms with van der Waals surface area (Å²) < 4.78 is 15.8. The smallest absolute Gasteiger partial charge is 0.338 e. The Morgan fingerprint density at radius 2 is 1.93 bits per heavy atom. The molecule has 0 saturated carbocycles. The number of methoxy groups -OCH3 is 1. The minimum atomic E-state index is -0.746. The first kappa shape index (κ1) is 22.6. The Balaban J connectivity index is 2.68. The van der Waals surface area contributed by atoms with Gasteiger partial charge in [-0.1, -0.05) is 24.9 Å². The zero-order valence-corrected chi connectivity index (χ0v) is 16.7. The van der Waals surface area contributed by atoms with Crippen molar-refractivity contribution >= 4 is 29.4 Å². The van der Waals surface area contributed by atoms with Crippen LogP contribution in [0, 0.1) is 0 Å². The maximum atomic E-state index is 12.2. The standard InChI is InChI=1S/C18H25ClN2O6/c1-5-6-7-26-17-13(19)8-12(9-14(17)25-4)18(24)27-11-15(22)20-10-16(23)21(2)3/h8-9H,5-7,10-11H2,1-4H3,(H,20,22). The number of carbonyl (C=O) groups is 3. The van der Waals surface area contributed by atoms with Crippen molar-refractivity contribution in [2.24, 2.45) is 0 Å². The number of carbonyl (C=O) groups excluding carboxylic acids is 3. The van der Waals surface area contributed by atoms with Crippen LogP contribution >= 0.6 is 11.6 Å². The number of hydrogen-bond acceptors (Lipinski definition) is 6. The second-order valence-electron chi connectivity index (χ2n) is 5.83. The van der Waals surface area contributed by atoms with Crippen molar-refractivity contribution in [2.75, 3.05) is 41.0 Å². The van der Waals surface area contributed by atoms with Gasteiger partial charge in [-0.05, 0) is 18.6 Å². The predicted octanol–water partition coefficient (Wildman–Crippen LogP) is 1.89. The molecular formula is C18H25ClN2O6. The van der Waals surface area contributed by atoms with E-state index in [4.69, 9.17) is 25.8 Å². The summed E-state index contributed by atoms with van der Waals surface area (Å²) in [5.41, 5.74) is 0.122. The van der Waals surface area contributed by atoms with Crippen molar-refractivity contribution in [3.63, 3.8) is 0 Å². The van der Waals surface area contributed by atoms with Crippen molar-refractivity contribution in [1.82, 2.24) is 10.2 Å². The largest absolute Gasteiger partial charge is 0.493 e. The van der Waals surface area contributed by atoms with E-state index in [1.807, 2.05) is 6.92 Å². The lowest BCUT2D eigenvalue weighted by atomic mass is 10.2. The van der Waals surface area contributed by atoms with Crippen LogP contribution < -0.4 is 14.8 Å². The molecule has 27 heavy (non-hydrogen) atoms. The predicted molar refractivity (Wildman–Crippen MR) is 100 cm³/mol. The fourth-order valence-corrected chi connectivity index (χ4v) is 2.16. The Hall–Kier alpha value is -2.48. The first-order chi connectivity index (χ1) is 12.8. The number of amides is 2. The molecule has 0 aliphatic rings. The second kappa shape index (κ2) is 11.3. The molecule has 1 aromatic carbocycles. The maximum absolute atomic E-state index is 12.2. The number of nitrogens with one attached hydrogen (secondary N) is 1. The van der Waals surface area contributed by atoms with E-state index < -0.39 is 18.5 Å². The molecule has 0 radical (unpaired) electrons. The first-order valence-electron chi connectivity index (χ1n) is 8.44. The summed E-state index contributed by atoms with van der Waals surface area (Å²) in [5.74, 6) is -0.957. The third-order valence-corrected chi connectivity index (χ3v) is 3.76. The number of ether oxygens (including phenoxy) is 3. The molecule has 0 atom stereocenters. The molecule has 1 N–H and O–H groups in total. The summed E-state index contributed by atoms with van der Waals surface area (Å²) in [4.78, 5) is 36.6. The molecule has 8 nitrogen and oxygen atoms in total. The molecule has 0 unspecified atom stereocenters. The average molecular weight is 401 g/mol. The molecule has 0 heterocycles. The third-order valence-electron chi connectivity index (χ3n) is 3.48. The highest BCUT2D eigenvalue weighted by atomic mass is 35.5. The van der Waals surface area contributed by atoms with Crippen LogP contribution in [0.1, 0.15) is 30.1 Å². The van der Waals surface area contributed by atoms with Gasteiger partial charge in [0.2, 0.25) is 5.91 Å². The normalized spacial score (nSPS) is 10.1. The van der Waals surface area contributed by atoms with Gasteiger partial charge in [-0.3, -0.25) is 9.59 Å². The van der Waals surface area contributed by atoms with Gasteiger partial charge in [0.15, 0.2) is 18.1 Å². The molecule has 0 saturated heterocycles. The summed E-state index contributed by atoms with van der Waals surface area (Å²) in [5, 5.41) is 2.57. The molecule has 0 spiro atoms. The number of rotatable bonds is 10. The average Bonchev–Trinajstić information content (AvgIpc) is 2.64. The summed E-state index contributed by atoms with van der Waals surface area (Å²) in [7, 11) is 4.57. The van der Waals surface area contributed by atoms with Crippen LogP contribution in [0.4, 0.5) is 0 Å². The fraction of sp³-hybridized carbons (Fsp3) is 0.500. The van der Waals surface area contributed by atoms with E-state index in [0.29, 0.717) is 18.1 Å². The summed E-state index contributed by atoms with van der Waals surface area (Å²) in [6.07, 6.45) is 1.82. The van der Waals surface area contributed by atoms with Gasteiger partial charge in [0, 0.05) is 14.1 Å². The molecule has 0 fully saturated rings. The van der Waals surface area contributed by atoms with E-state index in [-0.39, 0.29) is 23.0 Å². The summed E-state index contributed by atoms with van der Waals surface area (Å²) in [6.45, 7) is 1.82. The Labute approximate surface area is 163 Å². The van der Waals surface area contributed by atoms with Crippen LogP contribution in [-0.2, 0) is 14.3 Å². The van der Waals surface area contributed by atoms with Crippen molar-refractivity contribution in [3.05, 3.63) is 22.7 Å². The molecule has 0 bridgehead atoms. The topological polar surface area (TPSA) is 94.2 Å². The third kappa shape index (κ3) is 7.34. The molecule has 0 aliphatic heterocycles. The van der Waals surface area contributed by atoms with Crippen molar-refractivity contribution in [2.45, 2.75) is 19.8 Å². The Morgan fingerprint density at radius 3 is 2.52 bits per heavy atom. The lowest BCUT2D eigenvalue weighted by molar-refractivity contribution is -0.131. The Kier molecular flexibility index (Phi) is 9.42. The number of benzene rings is 1. The summed E-state index contributed by atoms with van der Waals surface area (Å²) >= 11 is 6.18. The minimum Gasteiger partial charge on any atom is -0.493 e. The van der Waals surface area contributed by atoms with Crippen molar-refractivity contribution < 1.29 is 28.6 Å². The first-order valence-corrected chi connectivity index (χ1v) is 8.82. The molecule has 2 amide bonds. The van der Waals surface area contributed by atoms with Gasteiger partial charge >= 0.3 is 5.97 Å². The van der Waals surface area contributed by atoms with Crippen LogP contribution in [0.5, 0.6) is 11.5 Å². The van der Waals surface area contributed by atoms with Crippen LogP contribution in [0.2, 0.25) is 5.02 Å². The highest BCUT2D eigenvalue weighted by Gasteiger charge is 2.18. The zero-order chi connectivity index (χ0) is 20.4. The number of nitrogens with zero attached hydrogens (tertiary/aromatic N) is 1. The highest BCUT2D eigenvalue weighted by molar-refractivity contribution is 6.32. The Bertz CT molecular complexity index is 678. The lowest BCUT2D eigenvalue weighted by Gasteiger charge is -2.14. The maximum Gasteiger partial charge on any atom is 0.338 e. The molecular weight excluding hydrogens is 376 g/mol. The van der Waals surface area contributed by atoms with Gasteiger partial charge in [0.1, 0.15) is 0 Å². The van der Waals surface area contributed by atoms with Crippen molar-refractivity contribution in [3.8, 4) is 11.5 Å². The number of esters is 1. The molecule has 1 aromatic rings. The quantitative estimate of drug-likeness (QED) is 0.476. The van der Waals surface area contributed by atoms with Gasteiger partial charge < -0.3 is 24.4 Å². The number of hydrogen-bond donors (Lipinski definition) is 1. The van der Waals surface area contributed by atoms with E-state index in [1.54, 1.807) is 14.1 Å². The lowest BCUT2D eigenvalue weighted by Crippen LogP contribution is -2.38. The SMILES string of the molecule is CCCCOc1c(Cl)cc(C(=O)OCC(=O)NCC(=O)N(C)C)cc1OC. The molecule has 150 valence electrons. The monoisotopic (exact) mass is 400 g/mol. The molecule has 0 aliphatic carbocycles. The molecule has 9 heteroatoms. The van der Waals surface area contributed by atoms with E-state index in [2.05, 4.69) is 5.32 Å². The van der Waals surface area contributed by atoms with Crippen LogP contribution in [0.25, 0.3) is 0 Å². The van der Waals surface area contributed by atoms with Gasteiger partial charge in [0.25, 0.3) is 5.91 Å². The second-order valence-corrected chi connectivity index (χ2v) is 6.24. The number of likely N-dealkylation sites (N-methyl/N-ethyl adjacent to an activating group) is 1.